The number of amides is 2. The van der Waals surface area contributed by atoms with Crippen molar-refractivity contribution in [3.63, 3.8) is 0 Å². The van der Waals surface area contributed by atoms with E-state index in [9.17, 15) is 14.7 Å². The molecule has 0 aromatic carbocycles. The van der Waals surface area contributed by atoms with Crippen molar-refractivity contribution in [1.29, 1.82) is 0 Å². The Hall–Kier alpha value is -1.26. The molecule has 5 heteroatoms. The molecule has 21 heavy (non-hydrogen) atoms. The zero-order chi connectivity index (χ0) is 15.1. The fourth-order valence-corrected chi connectivity index (χ4v) is 3.69. The molecule has 0 radical (unpaired) electrons. The van der Waals surface area contributed by atoms with E-state index in [1.54, 1.807) is 0 Å². The van der Waals surface area contributed by atoms with Gasteiger partial charge in [-0.15, -0.1) is 0 Å². The van der Waals surface area contributed by atoms with Crippen LogP contribution in [0.5, 0.6) is 0 Å². The maximum Gasteiger partial charge on any atom is 0.314 e. The van der Waals surface area contributed by atoms with Gasteiger partial charge in [-0.1, -0.05) is 32.1 Å². The van der Waals surface area contributed by atoms with Gasteiger partial charge in [-0.3, -0.25) is 4.79 Å². The highest BCUT2D eigenvalue weighted by molar-refractivity contribution is 5.74. The molecule has 2 aliphatic carbocycles. The average Bonchev–Trinajstić information content (AvgIpc) is 2.52. The lowest BCUT2D eigenvalue weighted by Crippen LogP contribution is -2.43. The van der Waals surface area contributed by atoms with Gasteiger partial charge in [0.1, 0.15) is 0 Å². The molecule has 2 aliphatic rings. The smallest absolute Gasteiger partial charge is 0.314 e. The zero-order valence-electron chi connectivity index (χ0n) is 12.8. The Labute approximate surface area is 126 Å². The Kier molecular flexibility index (Phi) is 6.33. The van der Waals surface area contributed by atoms with Crippen LogP contribution in [0.3, 0.4) is 0 Å². The summed E-state index contributed by atoms with van der Waals surface area (Å²) in [6, 6.07) is -0.143. The van der Waals surface area contributed by atoms with E-state index >= 15 is 0 Å². The number of hydrogen-bond donors (Lipinski definition) is 3. The summed E-state index contributed by atoms with van der Waals surface area (Å²) in [6.07, 6.45) is 9.99. The molecule has 0 heterocycles. The van der Waals surface area contributed by atoms with Crippen LogP contribution in [0.15, 0.2) is 0 Å². The standard InChI is InChI=1S/C16H28N2O3/c19-15(20)14-9-5-4-8-13(14)11-18-16(21)17-10-12-6-2-1-3-7-12/h12-14H,1-11H2,(H,19,20)(H2,17,18,21). The number of nitrogens with one attached hydrogen (secondary N) is 2. The molecule has 0 aromatic rings. The number of aliphatic carboxylic acids is 1. The second-order valence-corrected chi connectivity index (χ2v) is 6.58. The minimum Gasteiger partial charge on any atom is -0.481 e. The second kappa shape index (κ2) is 8.25. The van der Waals surface area contributed by atoms with Crippen molar-refractivity contribution in [3.8, 4) is 0 Å². The summed E-state index contributed by atoms with van der Waals surface area (Å²) in [5.41, 5.74) is 0. The topological polar surface area (TPSA) is 78.4 Å². The van der Waals surface area contributed by atoms with Crippen molar-refractivity contribution in [1.82, 2.24) is 10.6 Å². The molecular weight excluding hydrogens is 268 g/mol. The molecular formula is C16H28N2O3. The van der Waals surface area contributed by atoms with Crippen molar-refractivity contribution < 1.29 is 14.7 Å². The van der Waals surface area contributed by atoms with E-state index in [4.69, 9.17) is 0 Å². The van der Waals surface area contributed by atoms with Crippen LogP contribution >= 0.6 is 0 Å². The largest absolute Gasteiger partial charge is 0.481 e. The summed E-state index contributed by atoms with van der Waals surface area (Å²) < 4.78 is 0. The first-order chi connectivity index (χ1) is 10.2. The van der Waals surface area contributed by atoms with Gasteiger partial charge in [-0.05, 0) is 37.5 Å². The number of carboxylic acid groups (broad SMARTS) is 1. The van der Waals surface area contributed by atoms with Crippen LogP contribution in [0.1, 0.15) is 57.8 Å². The number of rotatable bonds is 5. The normalized spacial score (nSPS) is 27.0. The van der Waals surface area contributed by atoms with E-state index in [-0.39, 0.29) is 17.9 Å². The highest BCUT2D eigenvalue weighted by Crippen LogP contribution is 2.29. The van der Waals surface area contributed by atoms with Crippen LogP contribution in [0, 0.1) is 17.8 Å². The Balaban J connectivity index is 1.66. The Bertz CT molecular complexity index is 353. The third-order valence-corrected chi connectivity index (χ3v) is 5.03. The second-order valence-electron chi connectivity index (χ2n) is 6.58. The molecule has 2 fully saturated rings. The van der Waals surface area contributed by atoms with E-state index in [0.717, 1.165) is 32.2 Å². The summed E-state index contributed by atoms with van der Waals surface area (Å²) in [4.78, 5) is 23.0. The first-order valence-corrected chi connectivity index (χ1v) is 8.41. The van der Waals surface area contributed by atoms with Gasteiger partial charge in [0.05, 0.1) is 5.92 Å². The van der Waals surface area contributed by atoms with Crippen LogP contribution in [0.4, 0.5) is 4.79 Å². The summed E-state index contributed by atoms with van der Waals surface area (Å²) in [5, 5.41) is 15.0. The van der Waals surface area contributed by atoms with Crippen molar-refractivity contribution >= 4 is 12.0 Å². The van der Waals surface area contributed by atoms with Gasteiger partial charge in [0, 0.05) is 13.1 Å². The fourth-order valence-electron chi connectivity index (χ4n) is 3.69. The molecule has 0 aliphatic heterocycles. The maximum absolute atomic E-state index is 11.8. The minimum atomic E-state index is -0.718. The first kappa shape index (κ1) is 16.1. The van der Waals surface area contributed by atoms with Crippen molar-refractivity contribution in [2.24, 2.45) is 17.8 Å². The lowest BCUT2D eigenvalue weighted by molar-refractivity contribution is -0.144. The molecule has 120 valence electrons. The van der Waals surface area contributed by atoms with Gasteiger partial charge < -0.3 is 15.7 Å². The highest BCUT2D eigenvalue weighted by atomic mass is 16.4. The number of urea groups is 1. The number of carbonyl (C=O) groups excluding carboxylic acids is 1. The van der Waals surface area contributed by atoms with Crippen LogP contribution in [0.25, 0.3) is 0 Å². The summed E-state index contributed by atoms with van der Waals surface area (Å²) in [7, 11) is 0. The summed E-state index contributed by atoms with van der Waals surface area (Å²) >= 11 is 0. The quantitative estimate of drug-likeness (QED) is 0.730. The monoisotopic (exact) mass is 296 g/mol. The van der Waals surface area contributed by atoms with Crippen molar-refractivity contribution in [3.05, 3.63) is 0 Å². The van der Waals surface area contributed by atoms with Crippen LogP contribution in [-0.4, -0.2) is 30.2 Å². The number of hydrogen-bond acceptors (Lipinski definition) is 2. The van der Waals surface area contributed by atoms with E-state index in [2.05, 4.69) is 10.6 Å². The highest BCUT2D eigenvalue weighted by Gasteiger charge is 2.30. The van der Waals surface area contributed by atoms with Gasteiger partial charge in [-0.2, -0.15) is 0 Å². The Morgan fingerprint density at radius 2 is 1.48 bits per heavy atom. The number of carboxylic acids is 1. The Morgan fingerprint density at radius 3 is 2.19 bits per heavy atom. The van der Waals surface area contributed by atoms with Crippen LogP contribution in [0.2, 0.25) is 0 Å². The molecule has 0 aromatic heterocycles. The molecule has 0 bridgehead atoms. The van der Waals surface area contributed by atoms with Crippen molar-refractivity contribution in [2.45, 2.75) is 57.8 Å². The first-order valence-electron chi connectivity index (χ1n) is 8.41. The number of carbonyl (C=O) groups is 2. The maximum atomic E-state index is 11.8. The molecule has 3 N–H and O–H groups in total. The lowest BCUT2D eigenvalue weighted by Gasteiger charge is -2.28. The molecule has 0 saturated heterocycles. The van der Waals surface area contributed by atoms with Gasteiger partial charge in [0.2, 0.25) is 0 Å². The van der Waals surface area contributed by atoms with E-state index in [0.29, 0.717) is 12.5 Å². The molecule has 2 rings (SSSR count). The van der Waals surface area contributed by atoms with Gasteiger partial charge in [0.15, 0.2) is 0 Å². The van der Waals surface area contributed by atoms with Crippen LogP contribution < -0.4 is 10.6 Å². The van der Waals surface area contributed by atoms with Gasteiger partial charge >= 0.3 is 12.0 Å². The summed E-state index contributed by atoms with van der Waals surface area (Å²) in [6.45, 7) is 1.23. The van der Waals surface area contributed by atoms with Gasteiger partial charge in [0.25, 0.3) is 0 Å². The molecule has 2 amide bonds. The third kappa shape index (κ3) is 5.21. The van der Waals surface area contributed by atoms with E-state index in [1.807, 2.05) is 0 Å². The van der Waals surface area contributed by atoms with Gasteiger partial charge in [-0.25, -0.2) is 4.79 Å². The van der Waals surface area contributed by atoms with Crippen molar-refractivity contribution in [2.75, 3.05) is 13.1 Å². The zero-order valence-corrected chi connectivity index (χ0v) is 12.8. The minimum absolute atomic E-state index is 0.0803. The average molecular weight is 296 g/mol. The van der Waals surface area contributed by atoms with Crippen LogP contribution in [-0.2, 0) is 4.79 Å². The molecule has 2 saturated carbocycles. The summed E-state index contributed by atoms with van der Waals surface area (Å²) in [5.74, 6) is -0.316. The lowest BCUT2D eigenvalue weighted by atomic mass is 9.79. The predicted octanol–water partition coefficient (Wildman–Crippen LogP) is 2.76. The predicted molar refractivity (Wildman–Crippen MR) is 81.1 cm³/mol. The molecule has 0 spiro atoms. The molecule has 2 atom stereocenters. The van der Waals surface area contributed by atoms with E-state index < -0.39 is 5.97 Å². The molecule has 5 nitrogen and oxygen atoms in total. The fraction of sp³-hybridized carbons (Fsp3) is 0.875. The van der Waals surface area contributed by atoms with E-state index in [1.165, 1.54) is 32.1 Å². The Morgan fingerprint density at radius 1 is 0.857 bits per heavy atom. The SMILES string of the molecule is O=C(NCC1CCCCC1)NCC1CCCCC1C(=O)O. The molecule has 2 unspecified atom stereocenters. The third-order valence-electron chi connectivity index (χ3n) is 5.03.